The summed E-state index contributed by atoms with van der Waals surface area (Å²) in [6, 6.07) is 0. The maximum absolute atomic E-state index is 10.3. The Morgan fingerprint density at radius 2 is 0.750 bits per heavy atom. The zero-order valence-electron chi connectivity index (χ0n) is 30.3. The van der Waals surface area contributed by atoms with E-state index >= 15 is 0 Å². The predicted octanol–water partition coefficient (Wildman–Crippen LogP) is 9.90. The van der Waals surface area contributed by atoms with E-state index < -0.39 is 6.10 Å². The molecule has 0 rings (SSSR count). The van der Waals surface area contributed by atoms with Gasteiger partial charge in [0.05, 0.1) is 12.2 Å². The Balaban J connectivity index is 4.11. The van der Waals surface area contributed by atoms with Gasteiger partial charge in [-0.2, -0.15) is 0 Å². The summed E-state index contributed by atoms with van der Waals surface area (Å²) in [7, 11) is 0. The Hall–Kier alpha value is -0.200. The molecule has 0 aromatic heterocycles. The van der Waals surface area contributed by atoms with Crippen molar-refractivity contribution in [3.63, 3.8) is 0 Å². The molecule has 0 fully saturated rings. The number of aliphatic hydroxyl groups excluding tert-OH is 2. The maximum Gasteiger partial charge on any atom is 0.0789 e. The molecular formula is C39H83N3O2. The van der Waals surface area contributed by atoms with Gasteiger partial charge < -0.3 is 26.6 Å². The molecule has 0 aliphatic rings. The van der Waals surface area contributed by atoms with Gasteiger partial charge in [0, 0.05) is 19.6 Å². The summed E-state index contributed by atoms with van der Waals surface area (Å²) in [6.45, 7) is 8.10. The molecule has 3 unspecified atom stereocenters. The van der Waals surface area contributed by atoms with E-state index in [0.717, 1.165) is 25.9 Å². The average Bonchev–Trinajstić information content (AvgIpc) is 3.03. The van der Waals surface area contributed by atoms with Crippen molar-refractivity contribution in [3.05, 3.63) is 0 Å². The summed E-state index contributed by atoms with van der Waals surface area (Å²) in [6.07, 6.45) is 37.9. The van der Waals surface area contributed by atoms with Crippen molar-refractivity contribution in [2.75, 3.05) is 32.7 Å². The van der Waals surface area contributed by atoms with Crippen LogP contribution in [0, 0.1) is 5.92 Å². The van der Waals surface area contributed by atoms with Gasteiger partial charge in [-0.05, 0) is 38.3 Å². The van der Waals surface area contributed by atoms with E-state index in [-0.39, 0.29) is 6.10 Å². The van der Waals surface area contributed by atoms with Crippen LogP contribution in [0.25, 0.3) is 0 Å². The van der Waals surface area contributed by atoms with Gasteiger partial charge in [0.25, 0.3) is 0 Å². The van der Waals surface area contributed by atoms with Crippen molar-refractivity contribution in [3.8, 4) is 0 Å². The lowest BCUT2D eigenvalue weighted by Gasteiger charge is -2.25. The summed E-state index contributed by atoms with van der Waals surface area (Å²) in [5.74, 6) is 0.580. The molecule has 266 valence electrons. The minimum Gasteiger partial charge on any atom is -0.392 e. The van der Waals surface area contributed by atoms with E-state index in [0.29, 0.717) is 25.6 Å². The molecule has 44 heavy (non-hydrogen) atoms. The van der Waals surface area contributed by atoms with Crippen LogP contribution in [0.4, 0.5) is 0 Å². The van der Waals surface area contributed by atoms with E-state index in [1.54, 1.807) is 0 Å². The van der Waals surface area contributed by atoms with Crippen LogP contribution in [0.15, 0.2) is 0 Å². The van der Waals surface area contributed by atoms with Gasteiger partial charge in [-0.15, -0.1) is 0 Å². The fourth-order valence-corrected chi connectivity index (χ4v) is 6.75. The minimum absolute atomic E-state index is 0.340. The SMILES string of the molecule is CCCCCCCCCCCCCCC(CCCCN(CCCCCCCCCCCCCC)CC(O)CN)CC(O)CN. The van der Waals surface area contributed by atoms with Crippen LogP contribution < -0.4 is 11.5 Å². The van der Waals surface area contributed by atoms with Gasteiger partial charge in [-0.1, -0.05) is 181 Å². The van der Waals surface area contributed by atoms with Crippen molar-refractivity contribution in [1.82, 2.24) is 4.90 Å². The van der Waals surface area contributed by atoms with Crippen LogP contribution in [-0.2, 0) is 0 Å². The second kappa shape index (κ2) is 35.7. The smallest absolute Gasteiger partial charge is 0.0789 e. The fraction of sp³-hybridized carbons (Fsp3) is 1.00. The minimum atomic E-state index is -0.425. The third kappa shape index (κ3) is 31.8. The zero-order valence-corrected chi connectivity index (χ0v) is 30.3. The van der Waals surface area contributed by atoms with Crippen LogP contribution in [0.2, 0.25) is 0 Å². The molecule has 0 radical (unpaired) electrons. The summed E-state index contributed by atoms with van der Waals surface area (Å²) < 4.78 is 0. The highest BCUT2D eigenvalue weighted by Gasteiger charge is 2.15. The first kappa shape index (κ1) is 43.8. The standard InChI is InChI=1S/C39H83N3O2/c1-3-5-7-9-11-13-15-17-19-21-23-25-29-37(33-38(43)34-40)30-26-28-32-42(36-39(44)35-41)31-27-24-22-20-18-16-14-12-10-8-6-4-2/h37-39,43-44H,3-36,40-41H2,1-2H3. The van der Waals surface area contributed by atoms with Gasteiger partial charge in [-0.25, -0.2) is 0 Å². The highest BCUT2D eigenvalue weighted by Crippen LogP contribution is 2.23. The normalized spacial score (nSPS) is 14.0. The average molecular weight is 626 g/mol. The summed E-state index contributed by atoms with van der Waals surface area (Å²) in [4.78, 5) is 2.45. The molecule has 0 heterocycles. The molecule has 0 saturated heterocycles. The topological polar surface area (TPSA) is 95.7 Å². The molecule has 3 atom stereocenters. The van der Waals surface area contributed by atoms with E-state index in [2.05, 4.69) is 18.7 Å². The molecule has 0 aromatic rings. The van der Waals surface area contributed by atoms with Crippen molar-refractivity contribution in [2.24, 2.45) is 17.4 Å². The second-order valence-electron chi connectivity index (χ2n) is 14.2. The van der Waals surface area contributed by atoms with Gasteiger partial charge >= 0.3 is 0 Å². The number of nitrogens with two attached hydrogens (primary N) is 2. The molecule has 0 aromatic carbocycles. The number of unbranched alkanes of at least 4 members (excludes halogenated alkanes) is 23. The Morgan fingerprint density at radius 1 is 0.432 bits per heavy atom. The number of aliphatic hydroxyl groups is 2. The molecule has 0 bridgehead atoms. The Labute approximate surface area is 277 Å². The van der Waals surface area contributed by atoms with Gasteiger partial charge in [0.2, 0.25) is 0 Å². The van der Waals surface area contributed by atoms with Gasteiger partial charge in [0.15, 0.2) is 0 Å². The van der Waals surface area contributed by atoms with Crippen LogP contribution >= 0.6 is 0 Å². The lowest BCUT2D eigenvalue weighted by Crippen LogP contribution is -2.37. The van der Waals surface area contributed by atoms with E-state index in [9.17, 15) is 10.2 Å². The van der Waals surface area contributed by atoms with Gasteiger partial charge in [-0.3, -0.25) is 0 Å². The maximum atomic E-state index is 10.3. The molecule has 0 amide bonds. The number of hydrogen-bond donors (Lipinski definition) is 4. The molecule has 0 spiro atoms. The Morgan fingerprint density at radius 3 is 1.14 bits per heavy atom. The lowest BCUT2D eigenvalue weighted by molar-refractivity contribution is 0.114. The van der Waals surface area contributed by atoms with E-state index in [1.165, 1.54) is 173 Å². The predicted molar refractivity (Wildman–Crippen MR) is 195 cm³/mol. The first-order valence-corrected chi connectivity index (χ1v) is 20.1. The molecule has 5 heteroatoms. The monoisotopic (exact) mass is 626 g/mol. The highest BCUT2D eigenvalue weighted by molar-refractivity contribution is 4.69. The van der Waals surface area contributed by atoms with Crippen molar-refractivity contribution < 1.29 is 10.2 Å². The lowest BCUT2D eigenvalue weighted by atomic mass is 9.90. The zero-order chi connectivity index (χ0) is 32.4. The molecule has 0 saturated carbocycles. The quantitative estimate of drug-likeness (QED) is 0.0515. The number of hydrogen-bond acceptors (Lipinski definition) is 5. The van der Waals surface area contributed by atoms with Crippen molar-refractivity contribution in [2.45, 2.75) is 212 Å². The third-order valence-electron chi connectivity index (χ3n) is 9.75. The van der Waals surface area contributed by atoms with Crippen LogP contribution in [-0.4, -0.2) is 60.0 Å². The van der Waals surface area contributed by atoms with E-state index in [4.69, 9.17) is 11.5 Å². The largest absolute Gasteiger partial charge is 0.392 e. The molecular weight excluding hydrogens is 542 g/mol. The van der Waals surface area contributed by atoms with E-state index in [1.807, 2.05) is 0 Å². The third-order valence-corrected chi connectivity index (χ3v) is 9.75. The van der Waals surface area contributed by atoms with Crippen molar-refractivity contribution >= 4 is 0 Å². The summed E-state index contributed by atoms with van der Waals surface area (Å²) in [5, 5.41) is 20.5. The first-order chi connectivity index (χ1) is 21.6. The second-order valence-corrected chi connectivity index (χ2v) is 14.2. The van der Waals surface area contributed by atoms with Crippen LogP contribution in [0.5, 0.6) is 0 Å². The molecule has 0 aliphatic heterocycles. The molecule has 5 nitrogen and oxygen atoms in total. The van der Waals surface area contributed by atoms with Gasteiger partial charge in [0.1, 0.15) is 0 Å². The summed E-state index contributed by atoms with van der Waals surface area (Å²) >= 11 is 0. The molecule has 0 aliphatic carbocycles. The van der Waals surface area contributed by atoms with Crippen LogP contribution in [0.1, 0.15) is 200 Å². The number of nitrogens with zero attached hydrogens (tertiary/aromatic N) is 1. The summed E-state index contributed by atoms with van der Waals surface area (Å²) in [5.41, 5.74) is 11.5. The first-order valence-electron chi connectivity index (χ1n) is 20.1. The van der Waals surface area contributed by atoms with Crippen molar-refractivity contribution in [1.29, 1.82) is 0 Å². The highest BCUT2D eigenvalue weighted by atomic mass is 16.3. The molecule has 6 N–H and O–H groups in total. The van der Waals surface area contributed by atoms with Crippen LogP contribution in [0.3, 0.4) is 0 Å². The Bertz CT molecular complexity index is 489. The Kier molecular flexibility index (Phi) is 35.5. The number of rotatable bonds is 37. The fourth-order valence-electron chi connectivity index (χ4n) is 6.75.